The van der Waals surface area contributed by atoms with Gasteiger partial charge in [-0.25, -0.2) is 0 Å². The zero-order valence-corrected chi connectivity index (χ0v) is 13.9. The molecule has 0 saturated heterocycles. The summed E-state index contributed by atoms with van der Waals surface area (Å²) in [5.74, 6) is 0.719. The highest BCUT2D eigenvalue weighted by molar-refractivity contribution is 6.30. The van der Waals surface area contributed by atoms with Crippen molar-refractivity contribution in [1.29, 1.82) is 0 Å². The van der Waals surface area contributed by atoms with Gasteiger partial charge in [0, 0.05) is 17.6 Å². The molecule has 0 saturated carbocycles. The van der Waals surface area contributed by atoms with Gasteiger partial charge in [0.1, 0.15) is 18.5 Å². The summed E-state index contributed by atoms with van der Waals surface area (Å²) in [6, 6.07) is 7.71. The average molecular weight is 315 g/mol. The summed E-state index contributed by atoms with van der Waals surface area (Å²) < 4.78 is 5.49. The molecule has 120 valence electrons. The highest BCUT2D eigenvalue weighted by atomic mass is 35.5. The smallest absolute Gasteiger partial charge is 0.119 e. The molecule has 0 spiro atoms. The van der Waals surface area contributed by atoms with Crippen molar-refractivity contribution in [2.75, 3.05) is 33.3 Å². The van der Waals surface area contributed by atoms with Gasteiger partial charge in [0.25, 0.3) is 0 Å². The Balaban J connectivity index is 2.06. The maximum Gasteiger partial charge on any atom is 0.119 e. The Morgan fingerprint density at radius 2 is 1.95 bits per heavy atom. The minimum atomic E-state index is -0.511. The van der Waals surface area contributed by atoms with Gasteiger partial charge in [0.15, 0.2) is 0 Å². The number of aliphatic hydroxyl groups excluding tert-OH is 1. The van der Waals surface area contributed by atoms with Gasteiger partial charge in [-0.2, -0.15) is 0 Å². The highest BCUT2D eigenvalue weighted by Crippen LogP contribution is 2.15. The topological polar surface area (TPSA) is 44.7 Å². The number of halogens is 1. The molecule has 0 bridgehead atoms. The van der Waals surface area contributed by atoms with E-state index in [-0.39, 0.29) is 6.61 Å². The molecule has 4 nitrogen and oxygen atoms in total. The second-order valence-electron chi connectivity index (χ2n) is 5.55. The van der Waals surface area contributed by atoms with Crippen molar-refractivity contribution < 1.29 is 9.84 Å². The number of aliphatic hydroxyl groups is 1. The molecule has 0 amide bonds. The molecule has 1 unspecified atom stereocenters. The molecule has 0 aliphatic carbocycles. The predicted molar refractivity (Wildman–Crippen MR) is 88.2 cm³/mol. The summed E-state index contributed by atoms with van der Waals surface area (Å²) in [6.45, 7) is 7.15. The van der Waals surface area contributed by atoms with E-state index in [1.807, 2.05) is 0 Å². The molecule has 5 heteroatoms. The van der Waals surface area contributed by atoms with E-state index in [9.17, 15) is 5.11 Å². The Morgan fingerprint density at radius 3 is 2.57 bits per heavy atom. The monoisotopic (exact) mass is 314 g/mol. The fourth-order valence-corrected chi connectivity index (χ4v) is 1.89. The van der Waals surface area contributed by atoms with Crippen LogP contribution in [0.2, 0.25) is 5.02 Å². The lowest BCUT2D eigenvalue weighted by Crippen LogP contribution is -2.34. The third-order valence-corrected chi connectivity index (χ3v) is 3.63. The molecule has 1 aromatic carbocycles. The van der Waals surface area contributed by atoms with E-state index in [4.69, 9.17) is 16.3 Å². The largest absolute Gasteiger partial charge is 0.491 e. The molecule has 21 heavy (non-hydrogen) atoms. The molecule has 1 rings (SSSR count). The van der Waals surface area contributed by atoms with Gasteiger partial charge in [-0.15, -0.1) is 0 Å². The fraction of sp³-hybridized carbons (Fsp3) is 0.625. The molecule has 0 fully saturated rings. The Kier molecular flexibility index (Phi) is 8.69. The third-order valence-electron chi connectivity index (χ3n) is 3.38. The minimum Gasteiger partial charge on any atom is -0.491 e. The SMILES string of the molecule is CC(C)N(C)CCCNCC(O)COc1ccc(Cl)cc1. The van der Waals surface area contributed by atoms with Crippen molar-refractivity contribution in [2.24, 2.45) is 0 Å². The van der Waals surface area contributed by atoms with Crippen LogP contribution in [0.3, 0.4) is 0 Å². The van der Waals surface area contributed by atoms with Gasteiger partial charge < -0.3 is 20.1 Å². The standard InChI is InChI=1S/C16H27ClN2O2/c1-13(2)19(3)10-4-9-18-11-15(20)12-21-16-7-5-14(17)6-8-16/h5-8,13,15,18,20H,4,9-12H2,1-3H3. The van der Waals surface area contributed by atoms with Gasteiger partial charge in [0.05, 0.1) is 0 Å². The van der Waals surface area contributed by atoms with E-state index in [1.54, 1.807) is 24.3 Å². The number of nitrogens with one attached hydrogen (secondary N) is 1. The van der Waals surface area contributed by atoms with E-state index < -0.39 is 6.10 Å². The fourth-order valence-electron chi connectivity index (χ4n) is 1.76. The van der Waals surface area contributed by atoms with Crippen LogP contribution in [0, 0.1) is 0 Å². The molecule has 0 radical (unpaired) electrons. The van der Waals surface area contributed by atoms with Gasteiger partial charge in [-0.1, -0.05) is 11.6 Å². The van der Waals surface area contributed by atoms with Crippen LogP contribution >= 0.6 is 11.6 Å². The molecule has 0 aliphatic heterocycles. The molecular formula is C16H27ClN2O2. The van der Waals surface area contributed by atoms with Crippen LogP contribution in [0.4, 0.5) is 0 Å². The van der Waals surface area contributed by atoms with Crippen LogP contribution in [0.5, 0.6) is 5.75 Å². The summed E-state index contributed by atoms with van der Waals surface area (Å²) in [6.07, 6.45) is 0.558. The van der Waals surface area contributed by atoms with Crippen LogP contribution in [0.25, 0.3) is 0 Å². The Hall–Kier alpha value is -0.810. The first-order valence-corrected chi connectivity index (χ1v) is 7.84. The maximum absolute atomic E-state index is 9.84. The summed E-state index contributed by atoms with van der Waals surface area (Å²) >= 11 is 5.80. The molecular weight excluding hydrogens is 288 g/mol. The number of rotatable bonds is 10. The molecule has 2 N–H and O–H groups in total. The van der Waals surface area contributed by atoms with E-state index in [0.717, 1.165) is 25.3 Å². The molecule has 0 aliphatic rings. The molecule has 1 atom stereocenters. The minimum absolute atomic E-state index is 0.278. The number of nitrogens with zero attached hydrogens (tertiary/aromatic N) is 1. The van der Waals surface area contributed by atoms with E-state index in [1.165, 1.54) is 0 Å². The Labute approximate surface area is 133 Å². The van der Waals surface area contributed by atoms with Crippen molar-refractivity contribution in [3.05, 3.63) is 29.3 Å². The zero-order chi connectivity index (χ0) is 15.7. The van der Waals surface area contributed by atoms with Gasteiger partial charge in [-0.05, 0) is 64.7 Å². The van der Waals surface area contributed by atoms with Crippen LogP contribution in [0.1, 0.15) is 20.3 Å². The van der Waals surface area contributed by atoms with Crippen molar-refractivity contribution in [3.8, 4) is 5.75 Å². The van der Waals surface area contributed by atoms with Crippen molar-refractivity contribution >= 4 is 11.6 Å². The van der Waals surface area contributed by atoms with Gasteiger partial charge in [-0.3, -0.25) is 0 Å². The lowest BCUT2D eigenvalue weighted by molar-refractivity contribution is 0.106. The normalized spacial score (nSPS) is 12.9. The van der Waals surface area contributed by atoms with Gasteiger partial charge in [0.2, 0.25) is 0 Å². The third kappa shape index (κ3) is 8.27. The zero-order valence-electron chi connectivity index (χ0n) is 13.2. The van der Waals surface area contributed by atoms with E-state index >= 15 is 0 Å². The summed E-state index contributed by atoms with van der Waals surface area (Å²) in [5.41, 5.74) is 0. The Bertz CT molecular complexity index is 384. The first-order chi connectivity index (χ1) is 9.99. The first-order valence-electron chi connectivity index (χ1n) is 7.46. The number of hydrogen-bond acceptors (Lipinski definition) is 4. The highest BCUT2D eigenvalue weighted by Gasteiger charge is 2.06. The number of benzene rings is 1. The van der Waals surface area contributed by atoms with Crippen LogP contribution in [-0.4, -0.2) is 55.4 Å². The quantitative estimate of drug-likeness (QED) is 0.651. The molecule has 1 aromatic rings. The van der Waals surface area contributed by atoms with Crippen molar-refractivity contribution in [2.45, 2.75) is 32.4 Å². The second-order valence-corrected chi connectivity index (χ2v) is 5.99. The summed E-state index contributed by atoms with van der Waals surface area (Å²) in [4.78, 5) is 2.31. The summed E-state index contributed by atoms with van der Waals surface area (Å²) in [5, 5.41) is 13.8. The van der Waals surface area contributed by atoms with Crippen LogP contribution in [-0.2, 0) is 0 Å². The van der Waals surface area contributed by atoms with E-state index in [2.05, 4.69) is 31.1 Å². The lowest BCUT2D eigenvalue weighted by atomic mass is 10.3. The van der Waals surface area contributed by atoms with Crippen molar-refractivity contribution in [1.82, 2.24) is 10.2 Å². The predicted octanol–water partition coefficient (Wildman–Crippen LogP) is 2.40. The first kappa shape index (κ1) is 18.2. The van der Waals surface area contributed by atoms with Gasteiger partial charge >= 0.3 is 0 Å². The average Bonchev–Trinajstić information content (AvgIpc) is 2.46. The van der Waals surface area contributed by atoms with Crippen LogP contribution in [0.15, 0.2) is 24.3 Å². The Morgan fingerprint density at radius 1 is 1.29 bits per heavy atom. The number of hydrogen-bond donors (Lipinski definition) is 2. The molecule has 0 heterocycles. The van der Waals surface area contributed by atoms with Crippen LogP contribution < -0.4 is 10.1 Å². The maximum atomic E-state index is 9.84. The molecule has 0 aromatic heterocycles. The van der Waals surface area contributed by atoms with Crippen molar-refractivity contribution in [3.63, 3.8) is 0 Å². The summed E-state index contributed by atoms with van der Waals surface area (Å²) in [7, 11) is 2.12. The second kappa shape index (κ2) is 10.0. The van der Waals surface area contributed by atoms with E-state index in [0.29, 0.717) is 17.6 Å². The lowest BCUT2D eigenvalue weighted by Gasteiger charge is -2.21. The number of ether oxygens (including phenoxy) is 1.